The molecule has 0 unspecified atom stereocenters. The fourth-order valence-corrected chi connectivity index (χ4v) is 8.31. The Kier molecular flexibility index (Phi) is 9.37. The van der Waals surface area contributed by atoms with Crippen molar-refractivity contribution < 1.29 is 19.4 Å². The molecule has 0 radical (unpaired) electrons. The van der Waals surface area contributed by atoms with E-state index in [0.29, 0.717) is 12.5 Å². The van der Waals surface area contributed by atoms with Crippen molar-refractivity contribution in [3.05, 3.63) is 71.4 Å². The molecule has 2 aliphatic heterocycles. The smallest absolute Gasteiger partial charge is 0.248 e. The topological polar surface area (TPSA) is 129 Å². The molecule has 2 aromatic heterocycles. The van der Waals surface area contributed by atoms with Gasteiger partial charge in [0.25, 0.3) is 0 Å². The van der Waals surface area contributed by atoms with Gasteiger partial charge in [-0.3, -0.25) is 9.59 Å². The van der Waals surface area contributed by atoms with Crippen LogP contribution in [0.25, 0.3) is 22.3 Å². The van der Waals surface area contributed by atoms with Gasteiger partial charge in [0.05, 0.1) is 42.1 Å². The van der Waals surface area contributed by atoms with Gasteiger partial charge >= 0.3 is 0 Å². The summed E-state index contributed by atoms with van der Waals surface area (Å²) in [6.45, 7) is 11.8. The minimum absolute atomic E-state index is 0.00320. The lowest BCUT2D eigenvalue weighted by molar-refractivity contribution is -0.188. The van der Waals surface area contributed by atoms with Gasteiger partial charge in [0.15, 0.2) is 0 Å². The number of carbonyl (C=O) groups is 2. The predicted molar refractivity (Wildman–Crippen MR) is 207 cm³/mol. The number of benzene rings is 2. The Morgan fingerprint density at radius 3 is 2.11 bits per heavy atom. The summed E-state index contributed by atoms with van der Waals surface area (Å²) < 4.78 is 0. The number of hydrogen-bond acceptors (Lipinski definition) is 7. The van der Waals surface area contributed by atoms with Crippen molar-refractivity contribution >= 4 is 29.2 Å². The van der Waals surface area contributed by atoms with E-state index >= 15 is 0 Å². The molecule has 8 rings (SSSR count). The SMILES string of the molecule is COOC=N[C@H](C(=O)N1CC2(CC2)C[C@H]1c1nc2ccc(C#Cc3ccc(-c4cnc([C@@H]5CC6(CC6)CN5C(=O)[C@@H](C)C(C)C)[nH]4)cc3)cc2[nH]1)C(C)C. The van der Waals surface area contributed by atoms with Crippen LogP contribution < -0.4 is 0 Å². The maximum absolute atomic E-state index is 13.9. The monoisotopic (exact) mass is 729 g/mol. The quantitative estimate of drug-likeness (QED) is 0.0577. The molecule has 4 fully saturated rings. The Bertz CT molecular complexity index is 2130. The Morgan fingerprint density at radius 2 is 1.48 bits per heavy atom. The second kappa shape index (κ2) is 14.0. The van der Waals surface area contributed by atoms with Gasteiger partial charge in [-0.1, -0.05) is 58.6 Å². The number of carbonyl (C=O) groups excluding carboxylic acids is 2. The van der Waals surface area contributed by atoms with Crippen molar-refractivity contribution in [3.8, 4) is 23.1 Å². The van der Waals surface area contributed by atoms with Crippen molar-refractivity contribution in [1.29, 1.82) is 0 Å². The first-order valence-corrected chi connectivity index (χ1v) is 19.5. The van der Waals surface area contributed by atoms with E-state index < -0.39 is 6.04 Å². The first-order valence-electron chi connectivity index (χ1n) is 19.5. The number of aliphatic imine (C=N–C) groups is 1. The third kappa shape index (κ3) is 7.04. The summed E-state index contributed by atoms with van der Waals surface area (Å²) in [5, 5.41) is 0. The summed E-state index contributed by atoms with van der Waals surface area (Å²) in [6.07, 6.45) is 9.60. The van der Waals surface area contributed by atoms with Crippen LogP contribution in [0, 0.1) is 40.4 Å². The van der Waals surface area contributed by atoms with E-state index in [1.807, 2.05) is 62.2 Å². The van der Waals surface area contributed by atoms with Gasteiger partial charge in [0.1, 0.15) is 17.7 Å². The fourth-order valence-electron chi connectivity index (χ4n) is 8.31. The van der Waals surface area contributed by atoms with E-state index in [1.54, 1.807) is 0 Å². The Hall–Kier alpha value is -4.95. The minimum atomic E-state index is -0.568. The number of imidazole rings is 2. The van der Waals surface area contributed by atoms with Crippen LogP contribution in [0.5, 0.6) is 0 Å². The summed E-state index contributed by atoms with van der Waals surface area (Å²) >= 11 is 0. The van der Waals surface area contributed by atoms with Crippen molar-refractivity contribution in [1.82, 2.24) is 29.7 Å². The van der Waals surface area contributed by atoms with E-state index in [0.717, 1.165) is 77.3 Å². The maximum atomic E-state index is 13.9. The van der Waals surface area contributed by atoms with Gasteiger partial charge in [-0.25, -0.2) is 15.0 Å². The average Bonchev–Trinajstić information content (AvgIpc) is 3.78. The molecule has 11 nitrogen and oxygen atoms in total. The number of aromatic nitrogens is 4. The summed E-state index contributed by atoms with van der Waals surface area (Å²) in [5.74, 6) is 8.82. The number of likely N-dealkylation sites (tertiary alicyclic amines) is 2. The lowest BCUT2D eigenvalue weighted by atomic mass is 9.96. The zero-order valence-corrected chi connectivity index (χ0v) is 32.2. The van der Waals surface area contributed by atoms with Crippen molar-refractivity contribution in [2.75, 3.05) is 20.2 Å². The van der Waals surface area contributed by atoms with E-state index in [4.69, 9.17) is 14.9 Å². The zero-order chi connectivity index (χ0) is 37.8. The highest BCUT2D eigenvalue weighted by Crippen LogP contribution is 2.59. The van der Waals surface area contributed by atoms with Crippen LogP contribution in [0.3, 0.4) is 0 Å². The molecule has 2 aromatic carbocycles. The van der Waals surface area contributed by atoms with Crippen molar-refractivity contribution in [2.24, 2.45) is 33.6 Å². The molecule has 4 aliphatic rings. The molecule has 54 heavy (non-hydrogen) atoms. The number of fused-ring (bicyclic) bond motifs is 1. The van der Waals surface area contributed by atoms with Crippen LogP contribution in [0.4, 0.5) is 0 Å². The standard InChI is InChI=1S/C43H51N7O4/c1-26(2)28(5)40(51)49-23-42(15-16-42)20-35(49)38-44-22-34(48-38)31-12-9-29(10-13-31)7-8-30-11-14-32-33(19-30)47-39(46-32)36-21-43(17-18-43)24-50(36)41(52)37(27(3)4)45-25-54-53-6/h9-14,19,22,25-28,35-37H,15-18,20-21,23-24H2,1-6H3,(H,44,48)(H,46,47)/t28-,35-,36-,37-/m0/s1. The van der Waals surface area contributed by atoms with Crippen LogP contribution in [-0.4, -0.2) is 74.2 Å². The number of hydrogen-bond donors (Lipinski definition) is 2. The van der Waals surface area contributed by atoms with E-state index in [2.05, 4.69) is 62.6 Å². The number of aromatic amines is 2. The molecule has 4 heterocycles. The fraction of sp³-hybridized carbons (Fsp3) is 0.512. The third-order valence-electron chi connectivity index (χ3n) is 12.4. The summed E-state index contributed by atoms with van der Waals surface area (Å²) in [5.41, 5.74) is 5.94. The molecular formula is C43H51N7O4. The molecule has 11 heteroatoms. The minimum Gasteiger partial charge on any atom is -0.340 e. The van der Waals surface area contributed by atoms with E-state index in [-0.39, 0.29) is 46.6 Å². The van der Waals surface area contributed by atoms with Gasteiger partial charge in [-0.2, -0.15) is 4.89 Å². The number of H-pyrrole nitrogens is 2. The lowest BCUT2D eigenvalue weighted by Gasteiger charge is -2.28. The van der Waals surface area contributed by atoms with Crippen LogP contribution in [0.15, 0.2) is 53.7 Å². The summed E-state index contributed by atoms with van der Waals surface area (Å²) in [7, 11) is 1.41. The molecule has 2 aliphatic carbocycles. The Balaban J connectivity index is 0.962. The van der Waals surface area contributed by atoms with Gasteiger partial charge in [-0.15, -0.1) is 0 Å². The molecule has 2 spiro atoms. The highest BCUT2D eigenvalue weighted by atomic mass is 17.2. The van der Waals surface area contributed by atoms with E-state index in [9.17, 15) is 9.59 Å². The van der Waals surface area contributed by atoms with Crippen LogP contribution >= 0.6 is 0 Å². The predicted octanol–water partition coefficient (Wildman–Crippen LogP) is 7.38. The highest BCUT2D eigenvalue weighted by Gasteiger charge is 2.56. The molecule has 2 saturated carbocycles. The van der Waals surface area contributed by atoms with Crippen LogP contribution in [0.1, 0.15) is 108 Å². The molecule has 2 saturated heterocycles. The highest BCUT2D eigenvalue weighted by molar-refractivity contribution is 5.85. The molecule has 2 N–H and O–H groups in total. The van der Waals surface area contributed by atoms with Gasteiger partial charge in [0, 0.05) is 30.1 Å². The largest absolute Gasteiger partial charge is 0.340 e. The van der Waals surface area contributed by atoms with Crippen LogP contribution in [-0.2, 0) is 19.4 Å². The van der Waals surface area contributed by atoms with Gasteiger partial charge in [-0.05, 0) is 97.1 Å². The maximum Gasteiger partial charge on any atom is 0.248 e. The first kappa shape index (κ1) is 36.0. The second-order valence-electron chi connectivity index (χ2n) is 17.0. The number of nitrogens with one attached hydrogen (secondary N) is 2. The zero-order valence-electron chi connectivity index (χ0n) is 32.2. The van der Waals surface area contributed by atoms with Gasteiger partial charge < -0.3 is 24.7 Å². The van der Waals surface area contributed by atoms with Crippen LogP contribution in [0.2, 0.25) is 0 Å². The number of rotatable bonds is 10. The molecule has 4 atom stereocenters. The van der Waals surface area contributed by atoms with Crippen molar-refractivity contribution in [2.45, 2.75) is 91.3 Å². The molecular weight excluding hydrogens is 679 g/mol. The lowest BCUT2D eigenvalue weighted by Crippen LogP contribution is -2.41. The number of amides is 2. The molecule has 2 amide bonds. The summed E-state index contributed by atoms with van der Waals surface area (Å²) in [6, 6.07) is 13.5. The average molecular weight is 730 g/mol. The first-order chi connectivity index (χ1) is 26.0. The molecule has 4 aromatic rings. The second-order valence-corrected chi connectivity index (χ2v) is 17.0. The van der Waals surface area contributed by atoms with E-state index in [1.165, 1.54) is 26.4 Å². The van der Waals surface area contributed by atoms with Crippen molar-refractivity contribution in [3.63, 3.8) is 0 Å². The summed E-state index contributed by atoms with van der Waals surface area (Å²) in [4.78, 5) is 62.1. The third-order valence-corrected chi connectivity index (χ3v) is 12.4. The molecule has 282 valence electrons. The molecule has 0 bridgehead atoms. The Morgan fingerprint density at radius 1 is 0.852 bits per heavy atom. The van der Waals surface area contributed by atoms with Gasteiger partial charge in [0.2, 0.25) is 18.2 Å². The Labute approximate surface area is 317 Å². The number of nitrogens with zero attached hydrogens (tertiary/aromatic N) is 5. The normalized spacial score (nSPS) is 22.1.